The molecule has 0 radical (unpaired) electrons. The minimum absolute atomic E-state index is 0. The van der Waals surface area contributed by atoms with Crippen LogP contribution in [0.2, 0.25) is 0 Å². The molecular formula is C13H21ClN6. The molecule has 1 aliphatic rings. The van der Waals surface area contributed by atoms with Crippen LogP contribution >= 0.6 is 12.4 Å². The van der Waals surface area contributed by atoms with Crippen molar-refractivity contribution in [1.29, 1.82) is 0 Å². The third kappa shape index (κ3) is 5.05. The van der Waals surface area contributed by atoms with Crippen molar-refractivity contribution in [2.75, 3.05) is 13.1 Å². The molecule has 1 saturated heterocycles. The molecule has 20 heavy (non-hydrogen) atoms. The topological polar surface area (TPSA) is 92.9 Å². The van der Waals surface area contributed by atoms with E-state index >= 15 is 0 Å². The molecule has 1 aromatic heterocycles. The van der Waals surface area contributed by atoms with Crippen LogP contribution in [0.1, 0.15) is 24.8 Å². The number of nitrogens with zero attached hydrogens (tertiary/aromatic N) is 4. The van der Waals surface area contributed by atoms with Gasteiger partial charge in [-0.15, -0.1) is 12.4 Å². The van der Waals surface area contributed by atoms with E-state index < -0.39 is 0 Å². The number of hydrogen-bond donors (Lipinski definition) is 2. The van der Waals surface area contributed by atoms with E-state index in [2.05, 4.69) is 19.9 Å². The van der Waals surface area contributed by atoms with Crippen LogP contribution in [0.4, 0.5) is 0 Å². The van der Waals surface area contributed by atoms with Crippen LogP contribution < -0.4 is 11.5 Å². The number of likely N-dealkylation sites (tertiary alicyclic amines) is 1. The summed E-state index contributed by atoms with van der Waals surface area (Å²) in [6.07, 6.45) is 7.05. The Labute approximate surface area is 125 Å². The molecule has 0 bridgehead atoms. The van der Waals surface area contributed by atoms with Crippen molar-refractivity contribution in [3.63, 3.8) is 0 Å². The zero-order chi connectivity index (χ0) is 13.5. The standard InChI is InChI=1S/C13H20N6.ClH/c14-12(17-10-11-5-4-6-16-9-11)18-13(15)19-7-2-1-3-8-19;/h4-6,9H,1-3,7-8,10H2,(H4,14,15,17,18);1H. The van der Waals surface area contributed by atoms with E-state index in [0.29, 0.717) is 12.5 Å². The van der Waals surface area contributed by atoms with Gasteiger partial charge in [0.05, 0.1) is 6.54 Å². The van der Waals surface area contributed by atoms with E-state index in [-0.39, 0.29) is 18.4 Å². The molecule has 1 aromatic rings. The summed E-state index contributed by atoms with van der Waals surface area (Å²) in [7, 11) is 0. The third-order valence-corrected chi connectivity index (χ3v) is 3.06. The molecule has 7 heteroatoms. The van der Waals surface area contributed by atoms with Gasteiger partial charge in [0.25, 0.3) is 0 Å². The Balaban J connectivity index is 0.00000200. The number of rotatable bonds is 2. The van der Waals surface area contributed by atoms with Crippen LogP contribution in [0.15, 0.2) is 34.5 Å². The van der Waals surface area contributed by atoms with Gasteiger partial charge in [-0.05, 0) is 30.9 Å². The molecule has 0 unspecified atom stereocenters. The number of nitrogens with two attached hydrogens (primary N) is 2. The van der Waals surface area contributed by atoms with E-state index in [0.717, 1.165) is 31.5 Å². The van der Waals surface area contributed by atoms with Crippen LogP contribution in [0.25, 0.3) is 0 Å². The van der Waals surface area contributed by atoms with Crippen LogP contribution in [0, 0.1) is 0 Å². The zero-order valence-corrected chi connectivity index (χ0v) is 12.2. The molecule has 0 saturated carbocycles. The van der Waals surface area contributed by atoms with E-state index in [1.807, 2.05) is 12.1 Å². The van der Waals surface area contributed by atoms with Gasteiger partial charge in [-0.1, -0.05) is 6.07 Å². The van der Waals surface area contributed by atoms with Crippen molar-refractivity contribution in [2.24, 2.45) is 21.5 Å². The van der Waals surface area contributed by atoms with Crippen molar-refractivity contribution in [3.05, 3.63) is 30.1 Å². The summed E-state index contributed by atoms with van der Waals surface area (Å²) in [5.41, 5.74) is 12.7. The lowest BCUT2D eigenvalue weighted by molar-refractivity contribution is 0.339. The maximum absolute atomic E-state index is 5.92. The molecule has 0 atom stereocenters. The molecule has 110 valence electrons. The second-order valence-electron chi connectivity index (χ2n) is 4.55. The number of hydrogen-bond acceptors (Lipinski definition) is 2. The summed E-state index contributed by atoms with van der Waals surface area (Å²) in [5, 5.41) is 0. The van der Waals surface area contributed by atoms with Crippen LogP contribution in [0.5, 0.6) is 0 Å². The Morgan fingerprint density at radius 1 is 1.25 bits per heavy atom. The van der Waals surface area contributed by atoms with Gasteiger partial charge >= 0.3 is 0 Å². The molecular weight excluding hydrogens is 276 g/mol. The molecule has 2 rings (SSSR count). The molecule has 0 amide bonds. The summed E-state index contributed by atoms with van der Waals surface area (Å²) < 4.78 is 0. The number of aromatic nitrogens is 1. The van der Waals surface area contributed by atoms with Crippen LogP contribution in [0.3, 0.4) is 0 Å². The van der Waals surface area contributed by atoms with E-state index in [1.54, 1.807) is 12.4 Å². The molecule has 4 N–H and O–H groups in total. The first-order chi connectivity index (χ1) is 9.25. The van der Waals surface area contributed by atoms with Gasteiger partial charge in [0.2, 0.25) is 5.96 Å². The first kappa shape index (κ1) is 16.2. The number of pyridine rings is 1. The first-order valence-corrected chi connectivity index (χ1v) is 6.53. The van der Waals surface area contributed by atoms with E-state index in [1.165, 1.54) is 6.42 Å². The second-order valence-corrected chi connectivity index (χ2v) is 4.55. The largest absolute Gasteiger partial charge is 0.369 e. The van der Waals surface area contributed by atoms with E-state index in [4.69, 9.17) is 11.5 Å². The van der Waals surface area contributed by atoms with Crippen molar-refractivity contribution in [2.45, 2.75) is 25.8 Å². The van der Waals surface area contributed by atoms with Crippen molar-refractivity contribution in [3.8, 4) is 0 Å². The van der Waals surface area contributed by atoms with Crippen molar-refractivity contribution < 1.29 is 0 Å². The highest BCUT2D eigenvalue weighted by atomic mass is 35.5. The van der Waals surface area contributed by atoms with Gasteiger partial charge in [0.15, 0.2) is 5.96 Å². The highest BCUT2D eigenvalue weighted by Crippen LogP contribution is 2.07. The lowest BCUT2D eigenvalue weighted by atomic mass is 10.1. The Kier molecular flexibility index (Phi) is 6.79. The van der Waals surface area contributed by atoms with Crippen molar-refractivity contribution in [1.82, 2.24) is 9.88 Å². The normalized spacial score (nSPS) is 16.7. The summed E-state index contributed by atoms with van der Waals surface area (Å²) in [6.45, 7) is 2.37. The summed E-state index contributed by atoms with van der Waals surface area (Å²) in [6, 6.07) is 3.81. The molecule has 0 aromatic carbocycles. The summed E-state index contributed by atoms with van der Waals surface area (Å²) in [5.74, 6) is 0.680. The van der Waals surface area contributed by atoms with Gasteiger partial charge in [-0.25, -0.2) is 4.99 Å². The fourth-order valence-electron chi connectivity index (χ4n) is 2.01. The average Bonchev–Trinajstić information content (AvgIpc) is 2.47. The number of piperidine rings is 1. The van der Waals surface area contributed by atoms with Gasteiger partial charge in [-0.3, -0.25) is 4.98 Å². The lowest BCUT2D eigenvalue weighted by Crippen LogP contribution is -2.41. The van der Waals surface area contributed by atoms with Gasteiger partial charge < -0.3 is 16.4 Å². The third-order valence-electron chi connectivity index (χ3n) is 3.06. The Bertz CT molecular complexity index is 453. The average molecular weight is 297 g/mol. The minimum Gasteiger partial charge on any atom is -0.369 e. The predicted molar refractivity (Wildman–Crippen MR) is 83.9 cm³/mol. The Morgan fingerprint density at radius 3 is 2.65 bits per heavy atom. The molecule has 6 nitrogen and oxygen atoms in total. The van der Waals surface area contributed by atoms with E-state index in [9.17, 15) is 0 Å². The highest BCUT2D eigenvalue weighted by Gasteiger charge is 2.11. The molecule has 0 aliphatic carbocycles. The number of halogens is 1. The molecule has 2 heterocycles. The highest BCUT2D eigenvalue weighted by molar-refractivity contribution is 5.93. The van der Waals surface area contributed by atoms with Crippen LogP contribution in [-0.4, -0.2) is 34.9 Å². The monoisotopic (exact) mass is 296 g/mol. The van der Waals surface area contributed by atoms with Crippen LogP contribution in [-0.2, 0) is 6.54 Å². The number of aliphatic imine (C=N–C) groups is 2. The first-order valence-electron chi connectivity index (χ1n) is 6.53. The molecule has 0 spiro atoms. The smallest absolute Gasteiger partial charge is 0.218 e. The Hall–Kier alpha value is -1.82. The summed E-state index contributed by atoms with van der Waals surface area (Å²) >= 11 is 0. The summed E-state index contributed by atoms with van der Waals surface area (Å²) in [4.78, 5) is 14.4. The zero-order valence-electron chi connectivity index (χ0n) is 11.4. The van der Waals surface area contributed by atoms with Gasteiger partial charge in [0.1, 0.15) is 0 Å². The fraction of sp³-hybridized carbons (Fsp3) is 0.462. The molecule has 1 aliphatic heterocycles. The minimum atomic E-state index is 0. The lowest BCUT2D eigenvalue weighted by Gasteiger charge is -2.27. The maximum atomic E-state index is 5.92. The van der Waals surface area contributed by atoms with Crippen molar-refractivity contribution >= 4 is 24.3 Å². The SMILES string of the molecule is Cl.NC(=NCc1cccnc1)N=C(N)N1CCCCC1. The fourth-order valence-corrected chi connectivity index (χ4v) is 2.01. The predicted octanol–water partition coefficient (Wildman–Crippen LogP) is 1.12. The molecule has 1 fully saturated rings. The van der Waals surface area contributed by atoms with Gasteiger partial charge in [0, 0.05) is 25.5 Å². The quantitative estimate of drug-likeness (QED) is 0.632. The van der Waals surface area contributed by atoms with Gasteiger partial charge in [-0.2, -0.15) is 4.99 Å². The maximum Gasteiger partial charge on any atom is 0.218 e. The second kappa shape index (κ2) is 8.37. The Morgan fingerprint density at radius 2 is 2.00 bits per heavy atom. The number of guanidine groups is 2.